The van der Waals surface area contributed by atoms with Crippen LogP contribution in [0.4, 0.5) is 0 Å². The van der Waals surface area contributed by atoms with Crippen LogP contribution in [-0.2, 0) is 4.79 Å². The molecule has 0 radical (unpaired) electrons. The predicted octanol–water partition coefficient (Wildman–Crippen LogP) is 0.257. The Morgan fingerprint density at radius 1 is 2.00 bits per heavy atom. The standard InChI is InChI=1S/C3H4O2/c1-2-3(4)5/h2H,1H2,(H,4,5)/i3-1. The molecule has 0 aliphatic heterocycles. The van der Waals surface area contributed by atoms with Crippen LogP contribution in [0.3, 0.4) is 0 Å². The van der Waals surface area contributed by atoms with E-state index in [1.54, 1.807) is 0 Å². The van der Waals surface area contributed by atoms with Gasteiger partial charge in [-0.3, -0.25) is 0 Å². The van der Waals surface area contributed by atoms with Crippen LogP contribution in [-0.4, -0.2) is 11.1 Å². The number of carbonyl (C=O) groups is 1. The first-order valence-corrected chi connectivity index (χ1v) is 1.12. The van der Waals surface area contributed by atoms with Crippen molar-refractivity contribution in [2.24, 2.45) is 0 Å². The number of aliphatic carboxylic acids is 1. The zero-order valence-electron chi connectivity index (χ0n) is 2.64. The van der Waals surface area contributed by atoms with Gasteiger partial charge in [-0.05, 0) is 0 Å². The average molecular weight is 71.1 g/mol. The van der Waals surface area contributed by atoms with Gasteiger partial charge in [-0.2, -0.15) is 0 Å². The number of hydrogen-bond acceptors (Lipinski definition) is 1. The maximum absolute atomic E-state index is 9.25. The van der Waals surface area contributed by atoms with Gasteiger partial charge in [-0.15, -0.1) is 0 Å². The van der Waals surface area contributed by atoms with E-state index in [1.165, 1.54) is 0 Å². The Morgan fingerprint density at radius 3 is 2.20 bits per heavy atom. The van der Waals surface area contributed by atoms with Gasteiger partial charge >= 0.3 is 5.97 Å². The Balaban J connectivity index is 3.20. The first-order chi connectivity index (χ1) is 2.27. The molecule has 0 saturated heterocycles. The summed E-state index contributed by atoms with van der Waals surface area (Å²) in [4.78, 5) is 9.25. The van der Waals surface area contributed by atoms with Gasteiger partial charge in [-0.1, -0.05) is 6.58 Å². The van der Waals surface area contributed by atoms with Crippen molar-refractivity contribution < 1.29 is 9.90 Å². The van der Waals surface area contributed by atoms with Crippen molar-refractivity contribution >= 4 is 5.97 Å². The van der Waals surface area contributed by atoms with Gasteiger partial charge in [0.05, 0.1) is 0 Å². The quantitative estimate of drug-likeness (QED) is 0.450. The number of hydrogen-bond donors (Lipinski definition) is 1. The number of carboxylic acid groups (broad SMARTS) is 1. The highest BCUT2D eigenvalue weighted by Gasteiger charge is 1.73. The van der Waals surface area contributed by atoms with Crippen LogP contribution >= 0.6 is 0 Å². The van der Waals surface area contributed by atoms with E-state index >= 15 is 0 Å². The molecule has 0 saturated carbocycles. The second-order valence-corrected chi connectivity index (χ2v) is 0.542. The molecule has 0 heterocycles. The van der Waals surface area contributed by atoms with Crippen molar-refractivity contribution in [3.05, 3.63) is 12.7 Å². The van der Waals surface area contributed by atoms with Gasteiger partial charge in [0.15, 0.2) is 0 Å². The Labute approximate surface area is 29.7 Å². The molecular formula is C3H4O2. The minimum atomic E-state index is -0.981. The van der Waals surface area contributed by atoms with Gasteiger partial charge in [0.1, 0.15) is 0 Å². The van der Waals surface area contributed by atoms with E-state index in [0.29, 0.717) is 0 Å². The van der Waals surface area contributed by atoms with E-state index in [2.05, 4.69) is 6.58 Å². The van der Waals surface area contributed by atoms with Gasteiger partial charge < -0.3 is 5.11 Å². The molecule has 0 aliphatic rings. The topological polar surface area (TPSA) is 37.3 Å². The third kappa shape index (κ3) is 3.21. The third-order valence-electron chi connectivity index (χ3n) is 0.175. The summed E-state index contributed by atoms with van der Waals surface area (Å²) in [5.74, 6) is -0.981. The van der Waals surface area contributed by atoms with Gasteiger partial charge in [0.25, 0.3) is 0 Å². The molecule has 0 aromatic rings. The molecule has 5 heavy (non-hydrogen) atoms. The largest absolute Gasteiger partial charge is 0.478 e. The van der Waals surface area contributed by atoms with E-state index in [1.807, 2.05) is 0 Å². The van der Waals surface area contributed by atoms with Crippen LogP contribution in [0.2, 0.25) is 0 Å². The highest BCUT2D eigenvalue weighted by molar-refractivity contribution is 5.78. The molecule has 0 rings (SSSR count). The van der Waals surface area contributed by atoms with E-state index in [4.69, 9.17) is 5.11 Å². The summed E-state index contributed by atoms with van der Waals surface area (Å²) in [7, 11) is 0. The lowest BCUT2D eigenvalue weighted by Gasteiger charge is -1.64. The lowest BCUT2D eigenvalue weighted by atomic mass is 10.1. The fourth-order valence-electron chi connectivity index (χ4n) is 0. The first kappa shape index (κ1) is 4.21. The summed E-state index contributed by atoms with van der Waals surface area (Å²) in [5, 5.41) is 7.60. The van der Waals surface area contributed by atoms with E-state index in [0.717, 1.165) is 6.08 Å². The van der Waals surface area contributed by atoms with Crippen molar-refractivity contribution in [2.75, 3.05) is 0 Å². The first-order valence-electron chi connectivity index (χ1n) is 1.12. The minimum Gasteiger partial charge on any atom is -0.478 e. The molecule has 0 unspecified atom stereocenters. The van der Waals surface area contributed by atoms with Crippen molar-refractivity contribution in [1.29, 1.82) is 0 Å². The number of carboxylic acids is 1. The van der Waals surface area contributed by atoms with Crippen LogP contribution in [0.5, 0.6) is 0 Å². The summed E-state index contributed by atoms with van der Waals surface area (Å²) < 4.78 is 0. The van der Waals surface area contributed by atoms with E-state index < -0.39 is 5.97 Å². The SMILES string of the molecule is C=C[11C](=O)O. The van der Waals surface area contributed by atoms with Gasteiger partial charge in [0.2, 0.25) is 0 Å². The fourth-order valence-corrected chi connectivity index (χ4v) is 0. The van der Waals surface area contributed by atoms with Gasteiger partial charge in [-0.25, -0.2) is 4.79 Å². The van der Waals surface area contributed by atoms with Crippen LogP contribution in [0.1, 0.15) is 0 Å². The molecule has 2 nitrogen and oxygen atoms in total. The van der Waals surface area contributed by atoms with Crippen LogP contribution in [0.25, 0.3) is 0 Å². The van der Waals surface area contributed by atoms with Crippen LogP contribution < -0.4 is 0 Å². The van der Waals surface area contributed by atoms with Crippen LogP contribution in [0.15, 0.2) is 12.7 Å². The smallest absolute Gasteiger partial charge is 0.327 e. The van der Waals surface area contributed by atoms with Gasteiger partial charge in [0, 0.05) is 6.08 Å². The molecule has 2 heteroatoms. The summed E-state index contributed by atoms with van der Waals surface area (Å²) in [6.07, 6.45) is 0.833. The Bertz CT molecular complexity index is 55.9. The lowest BCUT2D eigenvalue weighted by molar-refractivity contribution is -0.131. The van der Waals surface area contributed by atoms with Crippen molar-refractivity contribution in [3.63, 3.8) is 0 Å². The summed E-state index contributed by atoms with van der Waals surface area (Å²) in [5.41, 5.74) is 0. The number of rotatable bonds is 1. The van der Waals surface area contributed by atoms with E-state index in [9.17, 15) is 4.79 Å². The molecule has 0 spiro atoms. The molecule has 0 aromatic carbocycles. The molecule has 0 aromatic heterocycles. The molecule has 0 amide bonds. The lowest BCUT2D eigenvalue weighted by Crippen LogP contribution is -1.82. The Kier molecular flexibility index (Phi) is 1.28. The Morgan fingerprint density at radius 2 is 2.20 bits per heavy atom. The molecule has 0 aliphatic carbocycles. The maximum atomic E-state index is 9.25. The van der Waals surface area contributed by atoms with E-state index in [-0.39, 0.29) is 0 Å². The molecule has 0 fully saturated rings. The van der Waals surface area contributed by atoms with Crippen molar-refractivity contribution in [2.45, 2.75) is 0 Å². The molecule has 1 N–H and O–H groups in total. The van der Waals surface area contributed by atoms with Crippen molar-refractivity contribution in [1.82, 2.24) is 0 Å². The summed E-state index contributed by atoms with van der Waals surface area (Å²) in [6, 6.07) is 0. The van der Waals surface area contributed by atoms with Crippen LogP contribution in [0, 0.1) is 0 Å². The zero-order chi connectivity index (χ0) is 4.28. The molecular weight excluding hydrogens is 67.0 g/mol. The fraction of sp³-hybridized carbons (Fsp3) is 0. The maximum Gasteiger partial charge on any atom is 0.327 e. The Hall–Kier alpha value is -0.790. The second kappa shape index (κ2) is 1.52. The normalized spacial score (nSPS) is 6.40. The predicted molar refractivity (Wildman–Crippen MR) is 17.8 cm³/mol. The molecule has 28 valence electrons. The summed E-state index contributed by atoms with van der Waals surface area (Å²) in [6.45, 7) is 2.96. The average Bonchev–Trinajstić information content (AvgIpc) is 1.38. The molecule has 0 atom stereocenters. The summed E-state index contributed by atoms with van der Waals surface area (Å²) >= 11 is 0. The third-order valence-corrected chi connectivity index (χ3v) is 0.175. The highest BCUT2D eigenvalue weighted by atomic mass is 16.3. The zero-order valence-corrected chi connectivity index (χ0v) is 2.64. The molecule has 0 bridgehead atoms. The minimum absolute atomic E-state index is 0.833. The highest BCUT2D eigenvalue weighted by Crippen LogP contribution is 1.54. The van der Waals surface area contributed by atoms with Crippen molar-refractivity contribution in [3.8, 4) is 0 Å². The monoisotopic (exact) mass is 71.0 g/mol. The second-order valence-electron chi connectivity index (χ2n) is 0.542.